The predicted molar refractivity (Wildman–Crippen MR) is 146 cm³/mol. The van der Waals surface area contributed by atoms with E-state index < -0.39 is 11.7 Å². The minimum Gasteiger partial charge on any atom is -0.494 e. The van der Waals surface area contributed by atoms with Crippen molar-refractivity contribution in [3.8, 4) is 22.9 Å². The Kier molecular flexibility index (Phi) is 7.07. The molecule has 5 rings (SSSR count). The third-order valence-corrected chi connectivity index (χ3v) is 6.04. The molecule has 0 radical (unpaired) electrons. The van der Waals surface area contributed by atoms with Gasteiger partial charge >= 0.3 is 6.18 Å². The van der Waals surface area contributed by atoms with E-state index in [4.69, 9.17) is 9.47 Å². The number of benzene rings is 2. The maximum absolute atomic E-state index is 13.8. The van der Waals surface area contributed by atoms with Gasteiger partial charge in [-0.2, -0.15) is 13.2 Å². The molecular weight excluding hydrogens is 523 g/mol. The van der Waals surface area contributed by atoms with Crippen molar-refractivity contribution in [1.82, 2.24) is 24.1 Å². The van der Waals surface area contributed by atoms with E-state index in [2.05, 4.69) is 25.6 Å². The number of anilines is 4. The fourth-order valence-corrected chi connectivity index (χ4v) is 4.16. The van der Waals surface area contributed by atoms with Crippen LogP contribution in [-0.4, -0.2) is 38.3 Å². The number of methoxy groups -OCH3 is 2. The monoisotopic (exact) mass is 549 g/mol. The van der Waals surface area contributed by atoms with Crippen molar-refractivity contribution in [2.45, 2.75) is 20.0 Å². The molecule has 9 nitrogen and oxygen atoms in total. The summed E-state index contributed by atoms with van der Waals surface area (Å²) in [5, 5.41) is 5.93. The molecule has 3 heterocycles. The zero-order chi connectivity index (χ0) is 28.4. The Hall–Kier alpha value is -5.00. The highest BCUT2D eigenvalue weighted by Gasteiger charge is 2.32. The van der Waals surface area contributed by atoms with Gasteiger partial charge in [0.25, 0.3) is 0 Å². The molecule has 0 spiro atoms. The lowest BCUT2D eigenvalue weighted by molar-refractivity contribution is -0.137. The van der Waals surface area contributed by atoms with Gasteiger partial charge in [0.05, 0.1) is 55.2 Å². The van der Waals surface area contributed by atoms with E-state index in [1.165, 1.54) is 14.2 Å². The van der Waals surface area contributed by atoms with Crippen molar-refractivity contribution in [2.24, 2.45) is 0 Å². The zero-order valence-electron chi connectivity index (χ0n) is 22.1. The molecule has 0 atom stereocenters. The average Bonchev–Trinajstić information content (AvgIpc) is 3.55. The summed E-state index contributed by atoms with van der Waals surface area (Å²) >= 11 is 0. The number of halogens is 3. The number of hydrogen-bond acceptors (Lipinski definition) is 7. The lowest BCUT2D eigenvalue weighted by Gasteiger charge is -2.16. The van der Waals surface area contributed by atoms with Gasteiger partial charge in [-0.1, -0.05) is 0 Å². The van der Waals surface area contributed by atoms with Gasteiger partial charge in [-0.3, -0.25) is 0 Å². The summed E-state index contributed by atoms with van der Waals surface area (Å²) in [5.41, 5.74) is 3.27. The topological polar surface area (TPSA) is 91.0 Å². The van der Waals surface area contributed by atoms with Crippen molar-refractivity contribution >= 4 is 23.0 Å². The summed E-state index contributed by atoms with van der Waals surface area (Å²) in [6, 6.07) is 12.3. The van der Waals surface area contributed by atoms with Gasteiger partial charge in [0.15, 0.2) is 0 Å². The maximum Gasteiger partial charge on any atom is 0.416 e. The Labute approximate surface area is 228 Å². The molecule has 0 unspecified atom stereocenters. The molecule has 0 aliphatic rings. The fraction of sp³-hybridized carbons (Fsp3) is 0.179. The van der Waals surface area contributed by atoms with E-state index in [-0.39, 0.29) is 11.6 Å². The quantitative estimate of drug-likeness (QED) is 0.226. The number of rotatable bonds is 8. The SMILES string of the molecule is COc1cc(Nc2cc(C(F)(F)F)cc(Nc3ccc(-n4cnc(C)c4)c(OC)c3)n2)ccc1-n1cnc(C)c1. The van der Waals surface area contributed by atoms with Crippen molar-refractivity contribution in [2.75, 3.05) is 24.9 Å². The first-order valence-corrected chi connectivity index (χ1v) is 12.1. The molecular formula is C28H26F3N7O2. The third-order valence-electron chi connectivity index (χ3n) is 6.04. The van der Waals surface area contributed by atoms with Crippen LogP contribution in [-0.2, 0) is 6.18 Å². The van der Waals surface area contributed by atoms with Gasteiger partial charge in [0, 0.05) is 35.9 Å². The number of ether oxygens (including phenoxy) is 2. The van der Waals surface area contributed by atoms with Crippen LogP contribution in [0.3, 0.4) is 0 Å². The average molecular weight is 550 g/mol. The van der Waals surface area contributed by atoms with Crippen LogP contribution in [0, 0.1) is 13.8 Å². The molecule has 5 aromatic rings. The number of aromatic nitrogens is 5. The van der Waals surface area contributed by atoms with Gasteiger partial charge in [0.1, 0.15) is 23.1 Å². The Morgan fingerprint density at radius 1 is 0.700 bits per heavy atom. The second-order valence-corrected chi connectivity index (χ2v) is 8.99. The van der Waals surface area contributed by atoms with Crippen molar-refractivity contribution in [1.29, 1.82) is 0 Å². The van der Waals surface area contributed by atoms with Crippen molar-refractivity contribution < 1.29 is 22.6 Å². The lowest BCUT2D eigenvalue weighted by atomic mass is 10.2. The predicted octanol–water partition coefficient (Wildman–Crippen LogP) is 6.59. The summed E-state index contributed by atoms with van der Waals surface area (Å²) < 4.78 is 56.1. The molecule has 0 amide bonds. The fourth-order valence-electron chi connectivity index (χ4n) is 4.16. The molecule has 2 aromatic carbocycles. The van der Waals surface area contributed by atoms with Crippen LogP contribution in [0.25, 0.3) is 11.4 Å². The number of imidazole rings is 2. The van der Waals surface area contributed by atoms with Gasteiger partial charge in [0.2, 0.25) is 0 Å². The van der Waals surface area contributed by atoms with Crippen LogP contribution in [0.15, 0.2) is 73.6 Å². The first kappa shape index (κ1) is 26.6. The number of nitrogens with zero attached hydrogens (tertiary/aromatic N) is 5. The number of hydrogen-bond donors (Lipinski definition) is 2. The number of aryl methyl sites for hydroxylation is 2. The largest absolute Gasteiger partial charge is 0.494 e. The molecule has 0 aliphatic heterocycles. The van der Waals surface area contributed by atoms with Crippen LogP contribution >= 0.6 is 0 Å². The first-order valence-electron chi connectivity index (χ1n) is 12.1. The van der Waals surface area contributed by atoms with Crippen LogP contribution < -0.4 is 20.1 Å². The Balaban J connectivity index is 1.45. The van der Waals surface area contributed by atoms with Gasteiger partial charge in [-0.15, -0.1) is 0 Å². The van der Waals surface area contributed by atoms with E-state index >= 15 is 0 Å². The van der Waals surface area contributed by atoms with Gasteiger partial charge < -0.3 is 29.2 Å². The Bertz CT molecular complexity index is 1550. The summed E-state index contributed by atoms with van der Waals surface area (Å²) in [6.07, 6.45) is 2.41. The molecule has 40 heavy (non-hydrogen) atoms. The molecule has 0 fully saturated rings. The Morgan fingerprint density at radius 2 is 1.15 bits per heavy atom. The molecule has 0 saturated carbocycles. The molecule has 12 heteroatoms. The van der Waals surface area contributed by atoms with Crippen molar-refractivity contribution in [3.63, 3.8) is 0 Å². The highest BCUT2D eigenvalue weighted by molar-refractivity contribution is 5.68. The minimum atomic E-state index is -4.59. The molecule has 206 valence electrons. The standard InChI is InChI=1S/C28H26F3N7O2/c1-17-13-37(15-32-17)22-7-5-20(11-24(22)39-3)34-26-9-19(28(29,30)31)10-27(36-26)35-21-6-8-23(25(12-21)40-4)38-14-18(2)33-16-38/h5-16H,1-4H3,(H2,34,35,36). The normalized spacial score (nSPS) is 11.4. The van der Waals surface area contributed by atoms with E-state index in [9.17, 15) is 13.2 Å². The second-order valence-electron chi connectivity index (χ2n) is 8.99. The van der Waals surface area contributed by atoms with Crippen LogP contribution in [0.4, 0.5) is 36.2 Å². The summed E-state index contributed by atoms with van der Waals surface area (Å²) in [5.74, 6) is 1.02. The number of pyridine rings is 1. The number of nitrogens with one attached hydrogen (secondary N) is 2. The lowest BCUT2D eigenvalue weighted by Crippen LogP contribution is -2.09. The smallest absolute Gasteiger partial charge is 0.416 e. The maximum atomic E-state index is 13.8. The van der Waals surface area contributed by atoms with E-state index in [0.717, 1.165) is 34.9 Å². The van der Waals surface area contributed by atoms with Crippen LogP contribution in [0.2, 0.25) is 0 Å². The highest BCUT2D eigenvalue weighted by Crippen LogP contribution is 2.35. The highest BCUT2D eigenvalue weighted by atomic mass is 19.4. The molecule has 0 aliphatic carbocycles. The second kappa shape index (κ2) is 10.6. The van der Waals surface area contributed by atoms with Gasteiger partial charge in [-0.25, -0.2) is 15.0 Å². The van der Waals surface area contributed by atoms with E-state index in [0.29, 0.717) is 22.9 Å². The Morgan fingerprint density at radius 3 is 1.50 bits per heavy atom. The number of alkyl halides is 3. The zero-order valence-corrected chi connectivity index (χ0v) is 22.1. The molecule has 3 aromatic heterocycles. The van der Waals surface area contributed by atoms with Crippen LogP contribution in [0.1, 0.15) is 17.0 Å². The summed E-state index contributed by atoms with van der Waals surface area (Å²) in [4.78, 5) is 12.8. The molecule has 2 N–H and O–H groups in total. The minimum absolute atomic E-state index is 0.00285. The molecule has 0 saturated heterocycles. The van der Waals surface area contributed by atoms with E-state index in [1.807, 2.05) is 26.2 Å². The third kappa shape index (κ3) is 5.70. The molecule has 0 bridgehead atoms. The first-order chi connectivity index (χ1) is 19.1. The summed E-state index contributed by atoms with van der Waals surface area (Å²) in [6.45, 7) is 3.74. The van der Waals surface area contributed by atoms with E-state index in [1.54, 1.807) is 58.2 Å². The summed E-state index contributed by atoms with van der Waals surface area (Å²) in [7, 11) is 3.04. The van der Waals surface area contributed by atoms with Crippen LogP contribution in [0.5, 0.6) is 11.5 Å². The van der Waals surface area contributed by atoms with Crippen molar-refractivity contribution in [3.05, 3.63) is 90.5 Å². The van der Waals surface area contributed by atoms with Gasteiger partial charge in [-0.05, 0) is 50.2 Å².